The number of aliphatic hydroxyl groups excluding tert-OH is 4. The fraction of sp³-hybridized carbons (Fsp3) is 0.243. The number of hydrogen-bond acceptors (Lipinski definition) is 8. The van der Waals surface area contributed by atoms with Gasteiger partial charge in [0.2, 0.25) is 0 Å². The van der Waals surface area contributed by atoms with Gasteiger partial charge in [-0.3, -0.25) is 0 Å². The lowest BCUT2D eigenvalue weighted by molar-refractivity contribution is 0.0686. The average molecular weight is 683 g/mol. The number of carboxylic acids is 4. The van der Waals surface area contributed by atoms with Crippen LogP contribution in [0.3, 0.4) is 0 Å². The number of hydrogen-bond donors (Lipinski definition) is 8. The maximum absolute atomic E-state index is 10.2. The number of carboxylic acid groups (broad SMARTS) is 4. The second-order valence-electron chi connectivity index (χ2n) is 9.79. The van der Waals surface area contributed by atoms with Crippen LogP contribution in [0.2, 0.25) is 0 Å². The van der Waals surface area contributed by atoms with Crippen LogP contribution < -0.4 is 0 Å². The molecular weight excluding hydrogens is 636 g/mol. The van der Waals surface area contributed by atoms with Crippen molar-refractivity contribution >= 4 is 23.9 Å². The smallest absolute Gasteiger partial charge is 0.335 e. The molecule has 0 aliphatic heterocycles. The third-order valence-electron chi connectivity index (χ3n) is 5.80. The topological polar surface area (TPSA) is 230 Å². The Labute approximate surface area is 285 Å². The summed E-state index contributed by atoms with van der Waals surface area (Å²) in [6.45, 7) is 4.09. The van der Waals surface area contributed by atoms with E-state index in [-0.39, 0.29) is 38.3 Å². The molecule has 0 amide bonds. The maximum atomic E-state index is 10.2. The normalized spacial score (nSPS) is 9.22. The minimum Gasteiger partial charge on any atom is -0.478 e. The summed E-state index contributed by atoms with van der Waals surface area (Å²) in [5.41, 5.74) is 1.32. The van der Waals surface area contributed by atoms with Crippen LogP contribution in [0.4, 0.5) is 0 Å². The predicted octanol–water partition coefficient (Wildman–Crippen LogP) is 5.14. The molecule has 0 aliphatic carbocycles. The molecule has 4 aromatic carbocycles. The van der Waals surface area contributed by atoms with Crippen molar-refractivity contribution in [1.29, 1.82) is 0 Å². The number of aromatic carboxylic acids is 4. The minimum atomic E-state index is -0.879. The van der Waals surface area contributed by atoms with Crippen molar-refractivity contribution in [2.24, 2.45) is 11.8 Å². The molecule has 0 unspecified atom stereocenters. The zero-order valence-corrected chi connectivity index (χ0v) is 27.4. The molecule has 0 fully saturated rings. The molecule has 0 heterocycles. The first-order valence-electron chi connectivity index (χ1n) is 14.9. The minimum absolute atomic E-state index is 0.0463. The quantitative estimate of drug-likeness (QED) is 0.115. The van der Waals surface area contributed by atoms with E-state index in [0.29, 0.717) is 22.3 Å². The first-order chi connectivity index (χ1) is 23.4. The Morgan fingerprint density at radius 1 is 0.429 bits per heavy atom. The van der Waals surface area contributed by atoms with Gasteiger partial charge in [0.15, 0.2) is 0 Å². The largest absolute Gasteiger partial charge is 0.478 e. The molecule has 0 spiro atoms. The monoisotopic (exact) mass is 682 g/mol. The molecule has 0 radical (unpaired) electrons. The van der Waals surface area contributed by atoms with Gasteiger partial charge in [-0.05, 0) is 55.0 Å². The van der Waals surface area contributed by atoms with E-state index in [2.05, 4.69) is 0 Å². The third kappa shape index (κ3) is 25.4. The third-order valence-corrected chi connectivity index (χ3v) is 5.80. The number of rotatable bonds is 9. The number of aliphatic hydroxyl groups is 4. The Balaban J connectivity index is 0. The Morgan fingerprint density at radius 3 is 0.694 bits per heavy atom. The van der Waals surface area contributed by atoms with Crippen LogP contribution in [0.1, 0.15) is 61.7 Å². The van der Waals surface area contributed by atoms with Crippen molar-refractivity contribution < 1.29 is 60.0 Å². The van der Waals surface area contributed by atoms with E-state index in [1.165, 1.54) is 0 Å². The van der Waals surface area contributed by atoms with Gasteiger partial charge in [-0.25, -0.2) is 19.2 Å². The van der Waals surface area contributed by atoms with E-state index in [4.69, 9.17) is 40.9 Å². The summed E-state index contributed by atoms with van der Waals surface area (Å²) in [6, 6.07) is 33.2. The van der Waals surface area contributed by atoms with Gasteiger partial charge in [0.25, 0.3) is 0 Å². The van der Waals surface area contributed by atoms with Crippen molar-refractivity contribution in [1.82, 2.24) is 0 Å². The molecule has 8 N–H and O–H groups in total. The molecule has 0 atom stereocenters. The first kappa shape index (κ1) is 45.7. The van der Waals surface area contributed by atoms with Crippen molar-refractivity contribution in [3.8, 4) is 0 Å². The maximum Gasteiger partial charge on any atom is 0.335 e. The molecule has 0 aromatic heterocycles. The van der Waals surface area contributed by atoms with Crippen molar-refractivity contribution in [3.63, 3.8) is 0 Å². The molecule has 0 saturated heterocycles. The number of benzene rings is 4. The Kier molecular flexibility index (Phi) is 28.0. The molecular formula is C37H46O12. The highest BCUT2D eigenvalue weighted by molar-refractivity contribution is 5.88. The summed E-state index contributed by atoms with van der Waals surface area (Å²) in [7, 11) is 0. The Morgan fingerprint density at radius 2 is 0.633 bits per heavy atom. The fourth-order valence-corrected chi connectivity index (χ4v) is 2.70. The standard InChI is InChI=1S/4C7H6O2.C5H12O2.C4H10O2/c4*8-7(9)6-4-2-1-3-5-6;1-2-5(3-6)4-7;1-4(2-5)3-6/h4*1-5H,(H,8,9);5-7H,2-4H2,1H3;4-6H,2-3H2,1H3. The van der Waals surface area contributed by atoms with Crippen LogP contribution in [-0.2, 0) is 0 Å². The molecule has 0 saturated carbocycles. The summed E-state index contributed by atoms with van der Waals surface area (Å²) < 4.78 is 0. The van der Waals surface area contributed by atoms with E-state index in [1.807, 2.05) is 6.92 Å². The van der Waals surface area contributed by atoms with Gasteiger partial charge in [-0.15, -0.1) is 0 Å². The molecule has 12 heteroatoms. The predicted molar refractivity (Wildman–Crippen MR) is 185 cm³/mol. The highest BCUT2D eigenvalue weighted by atomic mass is 16.4. The van der Waals surface area contributed by atoms with Gasteiger partial charge < -0.3 is 40.9 Å². The molecule has 49 heavy (non-hydrogen) atoms. The first-order valence-corrected chi connectivity index (χ1v) is 14.9. The van der Waals surface area contributed by atoms with E-state index in [9.17, 15) is 19.2 Å². The van der Waals surface area contributed by atoms with E-state index < -0.39 is 23.9 Å². The molecule has 0 bridgehead atoms. The van der Waals surface area contributed by atoms with Gasteiger partial charge in [0, 0.05) is 38.3 Å². The summed E-state index contributed by atoms with van der Waals surface area (Å²) in [5.74, 6) is -3.37. The van der Waals surface area contributed by atoms with Crippen molar-refractivity contribution in [3.05, 3.63) is 144 Å². The molecule has 4 aromatic rings. The number of carbonyl (C=O) groups is 4. The second-order valence-corrected chi connectivity index (χ2v) is 9.79. The van der Waals surface area contributed by atoms with Crippen LogP contribution in [0.25, 0.3) is 0 Å². The lowest BCUT2D eigenvalue weighted by atomic mass is 10.1. The second kappa shape index (κ2) is 30.0. The summed E-state index contributed by atoms with van der Waals surface area (Å²) in [4.78, 5) is 40.8. The molecule has 0 aliphatic rings. The van der Waals surface area contributed by atoms with Gasteiger partial charge in [-0.2, -0.15) is 0 Å². The van der Waals surface area contributed by atoms with Gasteiger partial charge in [-0.1, -0.05) is 86.6 Å². The Bertz CT molecular complexity index is 1190. The van der Waals surface area contributed by atoms with Crippen LogP contribution in [-0.4, -0.2) is 91.2 Å². The average Bonchev–Trinajstić information content (AvgIpc) is 3.14. The van der Waals surface area contributed by atoms with Crippen molar-refractivity contribution in [2.75, 3.05) is 26.4 Å². The lowest BCUT2D eigenvalue weighted by Crippen LogP contribution is -2.08. The van der Waals surface area contributed by atoms with Crippen LogP contribution in [0, 0.1) is 11.8 Å². The fourth-order valence-electron chi connectivity index (χ4n) is 2.70. The summed E-state index contributed by atoms with van der Waals surface area (Å²) >= 11 is 0. The summed E-state index contributed by atoms with van der Waals surface area (Å²) in [5, 5.41) is 66.6. The molecule has 4 rings (SSSR count). The van der Waals surface area contributed by atoms with E-state index in [1.54, 1.807) is 128 Å². The summed E-state index contributed by atoms with van der Waals surface area (Å²) in [6.07, 6.45) is 0.854. The zero-order valence-electron chi connectivity index (χ0n) is 27.4. The van der Waals surface area contributed by atoms with Gasteiger partial charge in [0.05, 0.1) is 22.3 Å². The van der Waals surface area contributed by atoms with E-state index >= 15 is 0 Å². The SMILES string of the molecule is CC(CO)CO.CCC(CO)CO.O=C(O)c1ccccc1.O=C(O)c1ccccc1.O=C(O)c1ccccc1.O=C(O)c1ccccc1. The van der Waals surface area contributed by atoms with Crippen LogP contribution >= 0.6 is 0 Å². The zero-order chi connectivity index (χ0) is 37.5. The van der Waals surface area contributed by atoms with Crippen LogP contribution in [0.15, 0.2) is 121 Å². The van der Waals surface area contributed by atoms with Gasteiger partial charge >= 0.3 is 23.9 Å². The van der Waals surface area contributed by atoms with Gasteiger partial charge in [0.1, 0.15) is 0 Å². The van der Waals surface area contributed by atoms with E-state index in [0.717, 1.165) is 6.42 Å². The Hall–Kier alpha value is -5.40. The van der Waals surface area contributed by atoms with Crippen molar-refractivity contribution in [2.45, 2.75) is 20.3 Å². The highest BCUT2D eigenvalue weighted by Crippen LogP contribution is 1.99. The molecule has 12 nitrogen and oxygen atoms in total. The lowest BCUT2D eigenvalue weighted by Gasteiger charge is -2.03. The highest BCUT2D eigenvalue weighted by Gasteiger charge is 2.00. The molecule has 266 valence electrons. The van der Waals surface area contributed by atoms with Crippen LogP contribution in [0.5, 0.6) is 0 Å².